The lowest BCUT2D eigenvalue weighted by molar-refractivity contribution is -0.129. The minimum Gasteiger partial charge on any atom is -0.497 e. The van der Waals surface area contributed by atoms with Crippen LogP contribution in [0, 0.1) is 0 Å². The zero-order valence-corrected chi connectivity index (χ0v) is 27.4. The van der Waals surface area contributed by atoms with Gasteiger partial charge in [-0.15, -0.1) is 0 Å². The molecule has 0 fully saturated rings. The lowest BCUT2D eigenvalue weighted by atomic mass is 9.76. The Morgan fingerprint density at radius 3 is 1.78 bits per heavy atom. The highest BCUT2D eigenvalue weighted by atomic mass is 16.5. The topological polar surface area (TPSA) is 108 Å². The molecular formula is C42H34O8. The molecule has 0 radical (unpaired) electrons. The highest BCUT2D eigenvalue weighted by Gasteiger charge is 2.48. The first kappa shape index (κ1) is 32.6. The van der Waals surface area contributed by atoms with Gasteiger partial charge in [-0.3, -0.25) is 0 Å². The molecule has 0 saturated heterocycles. The second-order valence-electron chi connectivity index (χ2n) is 12.3. The third-order valence-corrected chi connectivity index (χ3v) is 9.44. The average Bonchev–Trinajstić information content (AvgIpc) is 3.73. The van der Waals surface area contributed by atoms with Crippen molar-refractivity contribution in [2.45, 2.75) is 37.7 Å². The number of fused-ring (bicyclic) bond motifs is 4. The molecule has 1 atom stereocenters. The summed E-state index contributed by atoms with van der Waals surface area (Å²) in [4.78, 5) is 39.1. The largest absolute Gasteiger partial charge is 0.497 e. The molecule has 1 N–H and O–H groups in total. The van der Waals surface area contributed by atoms with Gasteiger partial charge in [0, 0.05) is 22.6 Å². The number of carbonyl (C=O) groups excluding carboxylic acids is 3. The van der Waals surface area contributed by atoms with Crippen LogP contribution in [0.4, 0.5) is 0 Å². The van der Waals surface area contributed by atoms with Gasteiger partial charge in [-0.2, -0.15) is 0 Å². The normalized spacial score (nSPS) is 15.8. The highest BCUT2D eigenvalue weighted by molar-refractivity contribution is 5.93. The molecule has 7 rings (SSSR count). The zero-order chi connectivity index (χ0) is 34.7. The Kier molecular flexibility index (Phi) is 9.02. The Morgan fingerprint density at radius 1 is 0.660 bits per heavy atom. The number of carbonyl (C=O) groups is 3. The van der Waals surface area contributed by atoms with Gasteiger partial charge in [-0.1, -0.05) is 48.5 Å². The molecule has 8 nitrogen and oxygen atoms in total. The first-order valence-electron chi connectivity index (χ1n) is 16.4. The summed E-state index contributed by atoms with van der Waals surface area (Å²) in [6.45, 7) is -0.117. The molecule has 0 aromatic heterocycles. The smallest absolute Gasteiger partial charge is 0.343 e. The van der Waals surface area contributed by atoms with Crippen LogP contribution in [-0.4, -0.2) is 30.1 Å². The fourth-order valence-electron chi connectivity index (χ4n) is 7.02. The number of hydrogen-bond acceptors (Lipinski definition) is 8. The molecule has 0 heterocycles. The van der Waals surface area contributed by atoms with Gasteiger partial charge in [-0.05, 0) is 115 Å². The van der Waals surface area contributed by atoms with Gasteiger partial charge in [0.1, 0.15) is 23.0 Å². The van der Waals surface area contributed by atoms with Crippen LogP contribution in [0.1, 0.15) is 66.9 Å². The van der Waals surface area contributed by atoms with Gasteiger partial charge < -0.3 is 24.1 Å². The van der Waals surface area contributed by atoms with Crippen LogP contribution in [0.3, 0.4) is 0 Å². The van der Waals surface area contributed by atoms with Gasteiger partial charge >= 0.3 is 17.9 Å². The summed E-state index contributed by atoms with van der Waals surface area (Å²) >= 11 is 0. The highest BCUT2D eigenvalue weighted by Crippen LogP contribution is 2.57. The predicted octanol–water partition coefficient (Wildman–Crippen LogP) is 7.42. The van der Waals surface area contributed by atoms with Gasteiger partial charge in [0.2, 0.25) is 0 Å². The molecular weight excluding hydrogens is 632 g/mol. The van der Waals surface area contributed by atoms with Crippen LogP contribution in [0.15, 0.2) is 115 Å². The molecule has 2 aliphatic carbocycles. The predicted molar refractivity (Wildman–Crippen MR) is 187 cm³/mol. The van der Waals surface area contributed by atoms with Crippen molar-refractivity contribution >= 4 is 24.0 Å². The fourth-order valence-corrected chi connectivity index (χ4v) is 7.02. The summed E-state index contributed by atoms with van der Waals surface area (Å²) in [5, 5.41) is 9.23. The van der Waals surface area contributed by atoms with Gasteiger partial charge in [0.05, 0.1) is 24.8 Å². The minimum atomic E-state index is -0.551. The minimum absolute atomic E-state index is 0.117. The Morgan fingerprint density at radius 2 is 1.20 bits per heavy atom. The Labute approximate surface area is 289 Å². The van der Waals surface area contributed by atoms with Crippen molar-refractivity contribution in [3.8, 4) is 23.0 Å². The van der Waals surface area contributed by atoms with Crippen molar-refractivity contribution in [1.29, 1.82) is 0 Å². The number of aliphatic hydroxyl groups is 1. The Balaban J connectivity index is 1.10. The summed E-state index contributed by atoms with van der Waals surface area (Å²) < 4.78 is 22.8. The fraction of sp³-hybridized carbons (Fsp3) is 0.167. The van der Waals surface area contributed by atoms with Crippen LogP contribution < -0.4 is 18.9 Å². The zero-order valence-electron chi connectivity index (χ0n) is 27.4. The third-order valence-electron chi connectivity index (χ3n) is 9.44. The van der Waals surface area contributed by atoms with Crippen LogP contribution in [0.2, 0.25) is 0 Å². The Bertz CT molecular complexity index is 2090. The van der Waals surface area contributed by atoms with Crippen molar-refractivity contribution in [2.24, 2.45) is 0 Å². The molecule has 0 unspecified atom stereocenters. The molecule has 0 bridgehead atoms. The van der Waals surface area contributed by atoms with E-state index in [0.29, 0.717) is 28.2 Å². The molecule has 8 heteroatoms. The molecule has 5 aromatic carbocycles. The van der Waals surface area contributed by atoms with Crippen molar-refractivity contribution < 1.29 is 38.4 Å². The van der Waals surface area contributed by atoms with Crippen LogP contribution in [-0.2, 0) is 29.7 Å². The molecule has 2 aliphatic rings. The SMILES string of the molecule is COc1ccc(C=CC(=O)Oc2cccc3c2[C@@]2(CC3)CCc3cccc(OC(=O)c4ccc(OC(=O)c5ccc(CO)cc5)cc4)c32)cc1. The summed E-state index contributed by atoms with van der Waals surface area (Å²) in [6.07, 6.45) is 6.31. The maximum atomic E-state index is 13.5. The standard InChI is InChI=1S/C42H34O8/c1-47-33-17-10-27(11-18-33)12-21-37(44)49-35-6-2-4-29-22-24-42(38(29)35)25-23-30-5-3-7-36(39(30)42)50-41(46)32-15-19-34(20-16-32)48-40(45)31-13-8-28(26-43)9-14-31/h2-21,43H,22-26H2,1H3/t42-/m1/s1. The van der Waals surface area contributed by atoms with E-state index in [-0.39, 0.29) is 12.4 Å². The van der Waals surface area contributed by atoms with E-state index in [1.807, 2.05) is 48.5 Å². The van der Waals surface area contributed by atoms with E-state index >= 15 is 0 Å². The molecule has 1 spiro atoms. The van der Waals surface area contributed by atoms with Gasteiger partial charge in [-0.25, -0.2) is 14.4 Å². The molecule has 0 saturated carbocycles. The molecule has 0 aliphatic heterocycles. The first-order valence-corrected chi connectivity index (χ1v) is 16.4. The number of hydrogen-bond donors (Lipinski definition) is 1. The van der Waals surface area contributed by atoms with Crippen molar-refractivity contribution in [3.63, 3.8) is 0 Å². The van der Waals surface area contributed by atoms with E-state index in [0.717, 1.165) is 59.3 Å². The van der Waals surface area contributed by atoms with Crippen molar-refractivity contribution in [1.82, 2.24) is 0 Å². The quantitative estimate of drug-likeness (QED) is 0.0984. The van der Waals surface area contributed by atoms with E-state index in [1.54, 1.807) is 61.7 Å². The number of aryl methyl sites for hydroxylation is 2. The van der Waals surface area contributed by atoms with E-state index in [1.165, 1.54) is 6.08 Å². The summed E-state index contributed by atoms with van der Waals surface area (Å²) in [5.41, 5.74) is 5.80. The Hall–Kier alpha value is -5.99. The van der Waals surface area contributed by atoms with Crippen molar-refractivity contribution in [2.75, 3.05) is 7.11 Å². The van der Waals surface area contributed by atoms with Crippen LogP contribution in [0.5, 0.6) is 23.0 Å². The lowest BCUT2D eigenvalue weighted by Gasteiger charge is -2.29. The summed E-state index contributed by atoms with van der Waals surface area (Å²) in [7, 11) is 1.60. The van der Waals surface area contributed by atoms with Crippen LogP contribution >= 0.6 is 0 Å². The third kappa shape index (κ3) is 6.41. The molecule has 0 amide bonds. The first-order chi connectivity index (χ1) is 24.4. The number of methoxy groups -OCH3 is 1. The number of esters is 3. The van der Waals surface area contributed by atoms with Crippen molar-refractivity contribution in [3.05, 3.63) is 160 Å². The van der Waals surface area contributed by atoms with Gasteiger partial charge in [0.25, 0.3) is 0 Å². The number of ether oxygens (including phenoxy) is 4. The molecule has 50 heavy (non-hydrogen) atoms. The second-order valence-corrected chi connectivity index (χ2v) is 12.3. The monoisotopic (exact) mass is 666 g/mol. The average molecular weight is 667 g/mol. The van der Waals surface area contributed by atoms with Crippen LogP contribution in [0.25, 0.3) is 6.08 Å². The summed E-state index contributed by atoms with van der Waals surface area (Å²) in [5.74, 6) is 0.414. The maximum Gasteiger partial charge on any atom is 0.343 e. The number of rotatable bonds is 9. The van der Waals surface area contributed by atoms with Gasteiger partial charge in [0.15, 0.2) is 0 Å². The molecule has 250 valence electrons. The second kappa shape index (κ2) is 13.9. The summed E-state index contributed by atoms with van der Waals surface area (Å²) in [6, 6.07) is 31.6. The van der Waals surface area contributed by atoms with E-state index in [2.05, 4.69) is 12.1 Å². The molecule has 5 aromatic rings. The van der Waals surface area contributed by atoms with E-state index in [4.69, 9.17) is 18.9 Å². The number of aliphatic hydroxyl groups excluding tert-OH is 1. The van der Waals surface area contributed by atoms with E-state index < -0.39 is 23.3 Å². The maximum absolute atomic E-state index is 13.5. The van der Waals surface area contributed by atoms with E-state index in [9.17, 15) is 19.5 Å². The lowest BCUT2D eigenvalue weighted by Crippen LogP contribution is -2.24. The number of benzene rings is 5.